The highest BCUT2D eigenvalue weighted by molar-refractivity contribution is 5.99. The molecule has 4 fully saturated rings. The van der Waals surface area contributed by atoms with Gasteiger partial charge in [0.15, 0.2) is 0 Å². The van der Waals surface area contributed by atoms with Crippen molar-refractivity contribution < 1.29 is 18.6 Å². The van der Waals surface area contributed by atoms with E-state index in [1.165, 1.54) is 18.9 Å². The zero-order valence-electron chi connectivity index (χ0n) is 23.8. The van der Waals surface area contributed by atoms with Crippen LogP contribution in [0.3, 0.4) is 0 Å². The molecule has 3 unspecified atom stereocenters. The number of fused-ring (bicyclic) bond motifs is 6. The molecular weight excluding hydrogens is 523 g/mol. The lowest BCUT2D eigenvalue weighted by molar-refractivity contribution is 0.108. The molecule has 1 N–H and O–H groups in total. The maximum absolute atomic E-state index is 15.4. The van der Waals surface area contributed by atoms with Gasteiger partial charge < -0.3 is 24.4 Å². The highest BCUT2D eigenvalue weighted by Crippen LogP contribution is 2.45. The monoisotopic (exact) mass is 560 g/mol. The van der Waals surface area contributed by atoms with Crippen molar-refractivity contribution in [1.29, 1.82) is 0 Å². The van der Waals surface area contributed by atoms with Crippen LogP contribution in [-0.2, 0) is 6.42 Å². The van der Waals surface area contributed by atoms with Crippen molar-refractivity contribution in [3.8, 4) is 28.9 Å². The molecule has 2 aromatic heterocycles. The van der Waals surface area contributed by atoms with E-state index in [0.29, 0.717) is 60.6 Å². The second-order valence-electron chi connectivity index (χ2n) is 12.3. The third-order valence-corrected chi connectivity index (χ3v) is 10.2. The molecule has 0 spiro atoms. The maximum atomic E-state index is 15.4. The SMILES string of the molecule is CCc1c(-c2c(F)cccc2OC)nc2c3c(nc(OCC45CCCN4CCC5)nc13)N1CC3CCC(N3)C1CO2. The van der Waals surface area contributed by atoms with Gasteiger partial charge in [-0.05, 0) is 70.2 Å². The van der Waals surface area contributed by atoms with Crippen LogP contribution in [0.5, 0.6) is 17.6 Å². The molecular formula is C31H37FN6O3. The second-order valence-corrected chi connectivity index (χ2v) is 12.3. The number of hydrogen-bond acceptors (Lipinski definition) is 9. The van der Waals surface area contributed by atoms with Crippen LogP contribution in [0.1, 0.15) is 51.0 Å². The molecule has 3 aromatic rings. The molecule has 4 saturated heterocycles. The molecule has 216 valence electrons. The van der Waals surface area contributed by atoms with E-state index in [4.69, 9.17) is 29.2 Å². The van der Waals surface area contributed by atoms with Crippen LogP contribution in [0, 0.1) is 5.82 Å². The van der Waals surface area contributed by atoms with Crippen molar-refractivity contribution in [3.05, 3.63) is 29.6 Å². The number of anilines is 1. The van der Waals surface area contributed by atoms with Gasteiger partial charge in [-0.25, -0.2) is 9.37 Å². The average molecular weight is 561 g/mol. The van der Waals surface area contributed by atoms with Crippen molar-refractivity contribution in [1.82, 2.24) is 25.2 Å². The minimum Gasteiger partial charge on any atom is -0.496 e. The number of pyridine rings is 1. The van der Waals surface area contributed by atoms with Crippen LogP contribution in [0.15, 0.2) is 18.2 Å². The Morgan fingerprint density at radius 1 is 1.15 bits per heavy atom. The number of benzene rings is 1. The van der Waals surface area contributed by atoms with E-state index in [1.54, 1.807) is 19.2 Å². The quantitative estimate of drug-likeness (QED) is 0.479. The van der Waals surface area contributed by atoms with Gasteiger partial charge in [0.1, 0.15) is 36.0 Å². The summed E-state index contributed by atoms with van der Waals surface area (Å²) in [6, 6.07) is 6.08. The number of halogens is 1. The Balaban J connectivity index is 1.32. The lowest BCUT2D eigenvalue weighted by atomic mass is 9.95. The largest absolute Gasteiger partial charge is 0.496 e. The molecule has 0 radical (unpaired) electrons. The Bertz CT molecular complexity index is 1510. The molecule has 1 aromatic carbocycles. The predicted octanol–water partition coefficient (Wildman–Crippen LogP) is 4.11. The third kappa shape index (κ3) is 3.90. The van der Waals surface area contributed by atoms with E-state index >= 15 is 4.39 Å². The second kappa shape index (κ2) is 9.66. The minimum absolute atomic E-state index is 0.0783. The topological polar surface area (TPSA) is 84.9 Å². The average Bonchev–Trinajstić information content (AvgIpc) is 3.66. The molecule has 41 heavy (non-hydrogen) atoms. The summed E-state index contributed by atoms with van der Waals surface area (Å²) in [5.74, 6) is 1.31. The zero-order chi connectivity index (χ0) is 27.7. The Kier molecular flexibility index (Phi) is 6.00. The normalized spacial score (nSPS) is 26.0. The highest BCUT2D eigenvalue weighted by Gasteiger charge is 2.46. The smallest absolute Gasteiger partial charge is 0.319 e. The van der Waals surface area contributed by atoms with Crippen LogP contribution in [-0.4, -0.2) is 83.5 Å². The summed E-state index contributed by atoms with van der Waals surface area (Å²) in [6.45, 7) is 6.22. The van der Waals surface area contributed by atoms with E-state index in [0.717, 1.165) is 67.6 Å². The number of ether oxygens (including phenoxy) is 3. The van der Waals surface area contributed by atoms with Gasteiger partial charge >= 0.3 is 6.01 Å². The number of hydrogen-bond donors (Lipinski definition) is 1. The molecule has 0 saturated carbocycles. The number of piperazine rings is 1. The number of aryl methyl sites for hydroxylation is 1. The first kappa shape index (κ1) is 25.5. The molecule has 9 nitrogen and oxygen atoms in total. The van der Waals surface area contributed by atoms with Gasteiger partial charge in [0.05, 0.1) is 35.5 Å². The lowest BCUT2D eigenvalue weighted by Gasteiger charge is -2.40. The van der Waals surface area contributed by atoms with Gasteiger partial charge in [0.25, 0.3) is 0 Å². The fourth-order valence-electron chi connectivity index (χ4n) is 8.17. The van der Waals surface area contributed by atoms with Crippen molar-refractivity contribution in [3.63, 3.8) is 0 Å². The third-order valence-electron chi connectivity index (χ3n) is 10.2. The van der Waals surface area contributed by atoms with Crippen molar-refractivity contribution in [2.45, 2.75) is 75.5 Å². The molecule has 3 atom stereocenters. The van der Waals surface area contributed by atoms with Crippen molar-refractivity contribution in [2.75, 3.05) is 44.9 Å². The summed E-state index contributed by atoms with van der Waals surface area (Å²) >= 11 is 0. The number of aromatic nitrogens is 3. The van der Waals surface area contributed by atoms with Crippen LogP contribution >= 0.6 is 0 Å². The van der Waals surface area contributed by atoms with E-state index in [1.807, 2.05) is 0 Å². The van der Waals surface area contributed by atoms with E-state index < -0.39 is 5.82 Å². The number of methoxy groups -OCH3 is 1. The fraction of sp³-hybridized carbons (Fsp3) is 0.581. The summed E-state index contributed by atoms with van der Waals surface area (Å²) in [6.07, 6.45) is 7.56. The van der Waals surface area contributed by atoms with Gasteiger partial charge in [-0.2, -0.15) is 9.97 Å². The number of nitrogens with one attached hydrogen (secondary N) is 1. The van der Waals surface area contributed by atoms with Crippen molar-refractivity contribution >= 4 is 16.7 Å². The van der Waals surface area contributed by atoms with E-state index in [9.17, 15) is 0 Å². The summed E-state index contributed by atoms with van der Waals surface area (Å²) in [4.78, 5) is 20.1. The summed E-state index contributed by atoms with van der Waals surface area (Å²) in [5, 5.41) is 4.56. The highest BCUT2D eigenvalue weighted by atomic mass is 19.1. The Hall–Kier alpha value is -3.24. The van der Waals surface area contributed by atoms with Gasteiger partial charge in [-0.3, -0.25) is 4.90 Å². The van der Waals surface area contributed by atoms with Gasteiger partial charge in [0.2, 0.25) is 5.88 Å². The van der Waals surface area contributed by atoms with Crippen molar-refractivity contribution in [2.24, 2.45) is 0 Å². The molecule has 5 aliphatic rings. The number of nitrogens with zero attached hydrogens (tertiary/aromatic N) is 5. The zero-order valence-corrected chi connectivity index (χ0v) is 23.8. The van der Waals surface area contributed by atoms with Crippen LogP contribution in [0.25, 0.3) is 22.2 Å². The molecule has 5 aliphatic heterocycles. The summed E-state index contributed by atoms with van der Waals surface area (Å²) in [5.41, 5.74) is 2.45. The summed E-state index contributed by atoms with van der Waals surface area (Å²) < 4.78 is 34.1. The van der Waals surface area contributed by atoms with Gasteiger partial charge in [0, 0.05) is 24.2 Å². The Morgan fingerprint density at radius 2 is 2.00 bits per heavy atom. The first-order valence-corrected chi connectivity index (χ1v) is 15.2. The molecule has 7 heterocycles. The Labute approximate surface area is 239 Å². The first-order chi connectivity index (χ1) is 20.1. The van der Waals surface area contributed by atoms with Gasteiger partial charge in [-0.1, -0.05) is 13.0 Å². The predicted molar refractivity (Wildman–Crippen MR) is 153 cm³/mol. The fourth-order valence-corrected chi connectivity index (χ4v) is 8.17. The number of rotatable bonds is 6. The Morgan fingerprint density at radius 3 is 2.80 bits per heavy atom. The molecule has 2 bridgehead atoms. The van der Waals surface area contributed by atoms with Gasteiger partial charge in [-0.15, -0.1) is 0 Å². The molecule has 8 rings (SSSR count). The molecule has 0 aliphatic carbocycles. The summed E-state index contributed by atoms with van der Waals surface area (Å²) in [7, 11) is 1.55. The first-order valence-electron chi connectivity index (χ1n) is 15.2. The van der Waals surface area contributed by atoms with Crippen LogP contribution in [0.2, 0.25) is 0 Å². The maximum Gasteiger partial charge on any atom is 0.319 e. The van der Waals surface area contributed by atoms with Crippen LogP contribution in [0.4, 0.5) is 10.2 Å². The lowest BCUT2D eigenvalue weighted by Crippen LogP contribution is -2.60. The van der Waals surface area contributed by atoms with E-state index in [-0.39, 0.29) is 11.6 Å². The molecule has 10 heteroatoms. The minimum atomic E-state index is -0.391. The standard InChI is InChI=1S/C31H37FN6O3/c1-3-19-26(24-20(32)7-4-8-23(24)39-2)34-29-25-27(19)35-30(41-17-31-11-5-13-37(31)14-6-12-31)36-28(25)38-15-18-9-10-21(33-18)22(38)16-40-29/h4,7-8,18,21-22,33H,3,5-6,9-17H2,1-2H3. The van der Waals surface area contributed by atoms with E-state index in [2.05, 4.69) is 22.0 Å². The molecule has 0 amide bonds. The van der Waals surface area contributed by atoms with Crippen LogP contribution < -0.4 is 24.4 Å².